The van der Waals surface area contributed by atoms with E-state index in [1.165, 1.54) is 15.5 Å². The predicted molar refractivity (Wildman–Crippen MR) is 105 cm³/mol. The summed E-state index contributed by atoms with van der Waals surface area (Å²) in [5.41, 5.74) is 2.17. The Morgan fingerprint density at radius 2 is 2.04 bits per heavy atom. The molecule has 0 radical (unpaired) electrons. The van der Waals surface area contributed by atoms with E-state index in [9.17, 15) is 14.7 Å². The van der Waals surface area contributed by atoms with E-state index in [4.69, 9.17) is 5.10 Å². The third-order valence-electron chi connectivity index (χ3n) is 4.99. The van der Waals surface area contributed by atoms with Crippen molar-refractivity contribution in [3.05, 3.63) is 50.4 Å². The number of hydrogen-bond donors (Lipinski definition) is 0. The Balaban J connectivity index is 1.68. The van der Waals surface area contributed by atoms with E-state index in [1.807, 2.05) is 29.0 Å². The minimum absolute atomic E-state index is 0.0856. The maximum absolute atomic E-state index is 12.7. The molecule has 1 aliphatic carbocycles. The van der Waals surface area contributed by atoms with Gasteiger partial charge in [-0.05, 0) is 60.2 Å². The fourth-order valence-corrected chi connectivity index (χ4v) is 5.37. The van der Waals surface area contributed by atoms with E-state index in [0.717, 1.165) is 29.9 Å². The van der Waals surface area contributed by atoms with Gasteiger partial charge in [-0.1, -0.05) is 12.1 Å². The number of nitrogens with zero attached hydrogens (tertiary/aromatic N) is 2. The third kappa shape index (κ3) is 3.75. The number of carbonyl (C=O) groups excluding carboxylic acids is 2. The number of fused-ring (bicyclic) bond motifs is 1. The average molecular weight is 400 g/mol. The Morgan fingerprint density at radius 1 is 1.22 bits per heavy atom. The zero-order valence-electron chi connectivity index (χ0n) is 14.7. The van der Waals surface area contributed by atoms with Gasteiger partial charge in [0.25, 0.3) is 0 Å². The summed E-state index contributed by atoms with van der Waals surface area (Å²) >= 11 is 3.30. The topological polar surface area (TPSA) is 72.8 Å². The molecule has 0 aromatic carbocycles. The largest absolute Gasteiger partial charge is 0.550 e. The van der Waals surface area contributed by atoms with Gasteiger partial charge in [-0.25, -0.2) is 5.01 Å². The van der Waals surface area contributed by atoms with Crippen molar-refractivity contribution in [1.82, 2.24) is 5.01 Å². The predicted octanol–water partition coefficient (Wildman–Crippen LogP) is 3.46. The second-order valence-corrected chi connectivity index (χ2v) is 8.70. The number of allylic oxidation sites excluding steroid dienone is 1. The van der Waals surface area contributed by atoms with Crippen LogP contribution in [0.25, 0.3) is 6.08 Å². The van der Waals surface area contributed by atoms with Crippen molar-refractivity contribution in [2.75, 3.05) is 0 Å². The summed E-state index contributed by atoms with van der Waals surface area (Å²) in [7, 11) is 0. The van der Waals surface area contributed by atoms with Gasteiger partial charge >= 0.3 is 0 Å². The van der Waals surface area contributed by atoms with Crippen LogP contribution in [0.3, 0.4) is 0 Å². The van der Waals surface area contributed by atoms with Gasteiger partial charge in [-0.15, -0.1) is 22.7 Å². The van der Waals surface area contributed by atoms with Gasteiger partial charge in [0, 0.05) is 28.1 Å². The van der Waals surface area contributed by atoms with Gasteiger partial charge in [0.1, 0.15) is 0 Å². The van der Waals surface area contributed by atoms with Crippen molar-refractivity contribution in [2.24, 2.45) is 11.0 Å². The van der Waals surface area contributed by atoms with Gasteiger partial charge in [-0.2, -0.15) is 5.10 Å². The van der Waals surface area contributed by atoms with E-state index in [1.54, 1.807) is 22.7 Å². The first kappa shape index (κ1) is 18.1. The summed E-state index contributed by atoms with van der Waals surface area (Å²) in [6.45, 7) is 0. The van der Waals surface area contributed by atoms with E-state index in [-0.39, 0.29) is 30.7 Å². The number of thiophene rings is 2. The molecular formula is C20H19N2O3S2-. The first-order valence-corrected chi connectivity index (χ1v) is 10.8. The van der Waals surface area contributed by atoms with E-state index < -0.39 is 5.97 Å². The van der Waals surface area contributed by atoms with E-state index in [0.29, 0.717) is 0 Å². The molecule has 2 aromatic rings. The molecule has 0 N–H and O–H groups in total. The van der Waals surface area contributed by atoms with Crippen LogP contribution >= 0.6 is 22.7 Å². The highest BCUT2D eigenvalue weighted by molar-refractivity contribution is 7.11. The van der Waals surface area contributed by atoms with Gasteiger partial charge in [0.15, 0.2) is 0 Å². The molecule has 1 fully saturated rings. The van der Waals surface area contributed by atoms with Crippen molar-refractivity contribution in [2.45, 2.75) is 38.1 Å². The minimum Gasteiger partial charge on any atom is -0.550 e. The third-order valence-corrected chi connectivity index (χ3v) is 6.76. The van der Waals surface area contributed by atoms with Crippen molar-refractivity contribution < 1.29 is 14.7 Å². The monoisotopic (exact) mass is 399 g/mol. The summed E-state index contributed by atoms with van der Waals surface area (Å²) in [6, 6.07) is 7.98. The normalized spacial score (nSPS) is 23.3. The lowest BCUT2D eigenvalue weighted by Gasteiger charge is -2.28. The van der Waals surface area contributed by atoms with Crippen LogP contribution in [0.15, 0.2) is 45.7 Å². The van der Waals surface area contributed by atoms with Crippen molar-refractivity contribution in [1.29, 1.82) is 0 Å². The number of rotatable bonds is 5. The molecule has 27 heavy (non-hydrogen) atoms. The summed E-state index contributed by atoms with van der Waals surface area (Å²) in [4.78, 5) is 25.8. The standard InChI is InChI=1S/C20H20N2O3S2/c23-17(8-9-18(24)25)22-20(16-7-3-11-27-16)15-6-1-4-13(19(15)21-22)12-14-5-2-10-26-14/h2-3,5,7,10-12,15,20H,1,4,6,8-9H2,(H,24,25)/p-1/b13-12+/t15-,20+/m1/s1. The molecule has 7 heteroatoms. The maximum atomic E-state index is 12.7. The summed E-state index contributed by atoms with van der Waals surface area (Å²) in [5.74, 6) is -1.30. The fraction of sp³-hybridized carbons (Fsp3) is 0.350. The number of hydrogen-bond acceptors (Lipinski definition) is 6. The van der Waals surface area contributed by atoms with Crippen molar-refractivity contribution in [3.63, 3.8) is 0 Å². The molecule has 0 spiro atoms. The molecule has 0 bridgehead atoms. The molecule has 3 heterocycles. The van der Waals surface area contributed by atoms with Gasteiger partial charge in [0.2, 0.25) is 5.91 Å². The lowest BCUT2D eigenvalue weighted by Crippen LogP contribution is -2.32. The molecule has 1 aliphatic heterocycles. The Bertz CT molecular complexity index is 884. The van der Waals surface area contributed by atoms with E-state index in [2.05, 4.69) is 12.1 Å². The molecule has 5 nitrogen and oxygen atoms in total. The maximum Gasteiger partial charge on any atom is 0.243 e. The highest BCUT2D eigenvalue weighted by atomic mass is 32.1. The highest BCUT2D eigenvalue weighted by Crippen LogP contribution is 2.45. The van der Waals surface area contributed by atoms with Crippen LogP contribution in [0.1, 0.15) is 47.9 Å². The molecule has 2 aromatic heterocycles. The van der Waals surface area contributed by atoms with Crippen LogP contribution in [-0.4, -0.2) is 22.6 Å². The number of amides is 1. The molecular weight excluding hydrogens is 380 g/mol. The molecule has 1 amide bonds. The van der Waals surface area contributed by atoms with Crippen LogP contribution < -0.4 is 5.11 Å². The van der Waals surface area contributed by atoms with Crippen LogP contribution in [0.2, 0.25) is 0 Å². The van der Waals surface area contributed by atoms with Crippen molar-refractivity contribution in [3.8, 4) is 0 Å². The lowest BCUT2D eigenvalue weighted by atomic mass is 9.79. The number of carboxylic acids is 1. The molecule has 0 unspecified atom stereocenters. The molecule has 140 valence electrons. The van der Waals surface area contributed by atoms with Crippen LogP contribution in [0, 0.1) is 5.92 Å². The number of aliphatic carboxylic acids is 1. The number of carboxylic acid groups (broad SMARTS) is 1. The lowest BCUT2D eigenvalue weighted by molar-refractivity contribution is -0.305. The Morgan fingerprint density at radius 3 is 2.74 bits per heavy atom. The first-order chi connectivity index (χ1) is 13.1. The minimum atomic E-state index is -1.21. The Labute approximate surface area is 165 Å². The van der Waals surface area contributed by atoms with Gasteiger partial charge < -0.3 is 9.90 Å². The summed E-state index contributed by atoms with van der Waals surface area (Å²) in [5, 5.41) is 21.1. The number of hydrazone groups is 1. The van der Waals surface area contributed by atoms with Crippen LogP contribution in [-0.2, 0) is 9.59 Å². The molecule has 2 atom stereocenters. The molecule has 1 saturated carbocycles. The SMILES string of the molecule is O=C([O-])CCC(=O)N1N=C2/C(=C/c3cccs3)CCC[C@H]2[C@H]1c1cccs1. The first-order valence-electron chi connectivity index (χ1n) is 9.02. The zero-order chi connectivity index (χ0) is 18.8. The van der Waals surface area contributed by atoms with Crippen LogP contribution in [0.4, 0.5) is 0 Å². The number of carbonyl (C=O) groups is 2. The average Bonchev–Trinajstić information content (AvgIpc) is 3.39. The Kier molecular flexibility index (Phi) is 5.22. The summed E-state index contributed by atoms with van der Waals surface area (Å²) in [6.07, 6.45) is 4.80. The Hall–Kier alpha value is -2.25. The zero-order valence-corrected chi connectivity index (χ0v) is 16.3. The highest BCUT2D eigenvalue weighted by Gasteiger charge is 2.43. The van der Waals surface area contributed by atoms with Gasteiger partial charge in [-0.3, -0.25) is 4.79 Å². The van der Waals surface area contributed by atoms with Gasteiger partial charge in [0.05, 0.1) is 11.8 Å². The molecule has 2 aliphatic rings. The molecule has 0 saturated heterocycles. The van der Waals surface area contributed by atoms with Crippen LogP contribution in [0.5, 0.6) is 0 Å². The fourth-order valence-electron chi connectivity index (χ4n) is 3.81. The van der Waals surface area contributed by atoms with Crippen molar-refractivity contribution >= 4 is 46.3 Å². The smallest absolute Gasteiger partial charge is 0.243 e. The quantitative estimate of drug-likeness (QED) is 0.773. The second kappa shape index (κ2) is 7.78. The second-order valence-electron chi connectivity index (χ2n) is 6.74. The summed E-state index contributed by atoms with van der Waals surface area (Å²) < 4.78 is 0. The molecule has 4 rings (SSSR count). The van der Waals surface area contributed by atoms with E-state index >= 15 is 0 Å².